The molecule has 11 heteroatoms. The fourth-order valence-electron chi connectivity index (χ4n) is 2.09. The zero-order valence-electron chi connectivity index (χ0n) is 14.3. The Balaban J connectivity index is 2.14. The minimum absolute atomic E-state index is 0.312. The highest BCUT2D eigenvalue weighted by Crippen LogP contribution is 2.37. The van der Waals surface area contributed by atoms with E-state index in [1.807, 2.05) is 0 Å². The molecule has 0 radical (unpaired) electrons. The van der Waals surface area contributed by atoms with Gasteiger partial charge in [-0.1, -0.05) is 11.6 Å². The second kappa shape index (κ2) is 8.03. The van der Waals surface area contributed by atoms with Crippen LogP contribution in [0.15, 0.2) is 42.5 Å². The molecule has 2 rings (SSSR count). The van der Waals surface area contributed by atoms with Gasteiger partial charge in [-0.25, -0.2) is 0 Å². The van der Waals surface area contributed by atoms with Crippen LogP contribution in [0, 0.1) is 10.1 Å². The molecule has 0 unspecified atom stereocenters. The summed E-state index contributed by atoms with van der Waals surface area (Å²) in [5.74, 6) is -0.740. The highest BCUT2D eigenvalue weighted by Gasteiger charge is 2.39. The fraction of sp³-hybridized carbons (Fsp3) is 0.235. The summed E-state index contributed by atoms with van der Waals surface area (Å²) in [5.41, 5.74) is -5.13. The number of nitrogens with zero attached hydrogens (tertiary/aromatic N) is 1. The topological polar surface area (TPSA) is 102 Å². The van der Waals surface area contributed by atoms with Crippen LogP contribution in [0.1, 0.15) is 12.5 Å². The lowest BCUT2D eigenvalue weighted by molar-refractivity contribution is -0.388. The van der Waals surface area contributed by atoms with E-state index >= 15 is 0 Å². The number of anilines is 1. The first-order valence-corrected chi connectivity index (χ1v) is 8.06. The Morgan fingerprint density at radius 1 is 1.25 bits per heavy atom. The van der Waals surface area contributed by atoms with Crippen molar-refractivity contribution in [3.8, 4) is 5.75 Å². The van der Waals surface area contributed by atoms with Crippen molar-refractivity contribution < 1.29 is 32.7 Å². The predicted octanol–water partition coefficient (Wildman–Crippen LogP) is 4.04. The number of carbonyl (C=O) groups is 1. The highest BCUT2D eigenvalue weighted by atomic mass is 35.5. The summed E-state index contributed by atoms with van der Waals surface area (Å²) in [6, 6.07) is 8.04. The van der Waals surface area contributed by atoms with Crippen LogP contribution in [0.2, 0.25) is 5.02 Å². The van der Waals surface area contributed by atoms with E-state index in [1.165, 1.54) is 24.3 Å². The molecule has 0 saturated carbocycles. The van der Waals surface area contributed by atoms with Crippen molar-refractivity contribution in [2.45, 2.75) is 18.7 Å². The molecule has 1 atom stereocenters. The van der Waals surface area contributed by atoms with E-state index in [9.17, 15) is 33.2 Å². The number of benzene rings is 2. The Bertz CT molecular complexity index is 885. The van der Waals surface area contributed by atoms with Gasteiger partial charge in [0.05, 0.1) is 4.92 Å². The van der Waals surface area contributed by atoms with E-state index in [2.05, 4.69) is 5.32 Å². The molecule has 0 spiro atoms. The number of rotatable bonds is 6. The number of amides is 1. The number of hydrogen-bond acceptors (Lipinski definition) is 5. The van der Waals surface area contributed by atoms with Crippen LogP contribution < -0.4 is 10.1 Å². The third kappa shape index (κ3) is 5.33. The number of hydrogen-bond donors (Lipinski definition) is 2. The third-order valence-corrected chi connectivity index (χ3v) is 3.83. The zero-order valence-corrected chi connectivity index (χ0v) is 15.0. The van der Waals surface area contributed by atoms with Gasteiger partial charge in [-0.05, 0) is 43.3 Å². The van der Waals surface area contributed by atoms with E-state index < -0.39 is 40.5 Å². The Morgan fingerprint density at radius 2 is 1.86 bits per heavy atom. The third-order valence-electron chi connectivity index (χ3n) is 3.58. The van der Waals surface area contributed by atoms with Gasteiger partial charge in [0.1, 0.15) is 17.9 Å². The maximum atomic E-state index is 13.0. The maximum Gasteiger partial charge on any atom is 0.423 e. The summed E-state index contributed by atoms with van der Waals surface area (Å²) in [7, 11) is 0. The van der Waals surface area contributed by atoms with Crippen LogP contribution in [0.25, 0.3) is 0 Å². The van der Waals surface area contributed by atoms with E-state index in [4.69, 9.17) is 16.3 Å². The molecule has 1 amide bonds. The highest BCUT2D eigenvalue weighted by molar-refractivity contribution is 6.30. The van der Waals surface area contributed by atoms with Crippen LogP contribution in [0.5, 0.6) is 5.75 Å². The first-order valence-electron chi connectivity index (χ1n) is 7.68. The summed E-state index contributed by atoms with van der Waals surface area (Å²) >= 11 is 5.73. The summed E-state index contributed by atoms with van der Waals surface area (Å²) < 4.78 is 44.3. The molecule has 2 N–H and O–H groups in total. The smallest absolute Gasteiger partial charge is 0.423 e. The van der Waals surface area contributed by atoms with Crippen molar-refractivity contribution in [2.75, 3.05) is 11.9 Å². The van der Waals surface area contributed by atoms with E-state index in [-0.39, 0.29) is 5.69 Å². The standard InChI is InChI=1S/C17H14ClF3N2O5/c1-16(25,9-28-12-5-2-10(18)3-6-12)15(24)22-11-4-7-14(23(26)27)13(8-11)17(19,20)21/h2-8,25H,9H2,1H3,(H,22,24)/t16-/m1/s1. The minimum atomic E-state index is -5.00. The van der Waals surface area contributed by atoms with Gasteiger partial charge in [0.15, 0.2) is 5.60 Å². The number of nitro groups is 1. The van der Waals surface area contributed by atoms with Crippen LogP contribution >= 0.6 is 11.6 Å². The summed E-state index contributed by atoms with van der Waals surface area (Å²) in [4.78, 5) is 21.8. The lowest BCUT2D eigenvalue weighted by Crippen LogP contribution is -2.45. The predicted molar refractivity (Wildman–Crippen MR) is 94.3 cm³/mol. The molecule has 0 heterocycles. The van der Waals surface area contributed by atoms with E-state index in [0.29, 0.717) is 22.9 Å². The van der Waals surface area contributed by atoms with E-state index in [1.54, 1.807) is 0 Å². The van der Waals surface area contributed by atoms with Gasteiger partial charge >= 0.3 is 6.18 Å². The average Bonchev–Trinajstić information content (AvgIpc) is 2.60. The lowest BCUT2D eigenvalue weighted by atomic mass is 10.1. The molecular formula is C17H14ClF3N2O5. The first kappa shape index (κ1) is 21.5. The number of carbonyl (C=O) groups excluding carboxylic acids is 1. The molecule has 150 valence electrons. The lowest BCUT2D eigenvalue weighted by Gasteiger charge is -2.23. The minimum Gasteiger partial charge on any atom is -0.490 e. The van der Waals surface area contributed by atoms with Crippen molar-refractivity contribution in [1.82, 2.24) is 0 Å². The van der Waals surface area contributed by atoms with Gasteiger partial charge in [0.25, 0.3) is 11.6 Å². The molecule has 0 aliphatic heterocycles. The first-order chi connectivity index (χ1) is 12.9. The van der Waals surface area contributed by atoms with Gasteiger partial charge in [-0.3, -0.25) is 14.9 Å². The molecule has 2 aromatic rings. The number of aliphatic hydroxyl groups is 1. The molecule has 2 aromatic carbocycles. The second-order valence-electron chi connectivity index (χ2n) is 5.96. The normalized spacial score (nSPS) is 13.5. The van der Waals surface area contributed by atoms with Crippen molar-refractivity contribution in [2.24, 2.45) is 0 Å². The van der Waals surface area contributed by atoms with Crippen molar-refractivity contribution in [3.05, 3.63) is 63.2 Å². The number of nitrogens with one attached hydrogen (secondary N) is 1. The fourth-order valence-corrected chi connectivity index (χ4v) is 2.21. The van der Waals surface area contributed by atoms with Gasteiger partial charge in [-0.2, -0.15) is 13.2 Å². The largest absolute Gasteiger partial charge is 0.490 e. The summed E-state index contributed by atoms with van der Waals surface area (Å²) in [5, 5.41) is 23.5. The Hall–Kier alpha value is -2.85. The zero-order chi connectivity index (χ0) is 21.1. The van der Waals surface area contributed by atoms with Gasteiger partial charge in [-0.15, -0.1) is 0 Å². The molecule has 7 nitrogen and oxygen atoms in total. The molecule has 28 heavy (non-hydrogen) atoms. The molecule has 0 fully saturated rings. The van der Waals surface area contributed by atoms with Gasteiger partial charge in [0, 0.05) is 16.8 Å². The number of nitro benzene ring substituents is 1. The van der Waals surface area contributed by atoms with Gasteiger partial charge in [0.2, 0.25) is 0 Å². The summed E-state index contributed by atoms with van der Waals surface area (Å²) in [6.45, 7) is 0.605. The average molecular weight is 419 g/mol. The molecule has 0 saturated heterocycles. The van der Waals surface area contributed by atoms with Crippen LogP contribution in [-0.4, -0.2) is 28.1 Å². The monoisotopic (exact) mass is 418 g/mol. The number of halogens is 4. The Labute approximate surface area is 161 Å². The van der Waals surface area contributed by atoms with Gasteiger partial charge < -0.3 is 15.2 Å². The quantitative estimate of drug-likeness (QED) is 0.544. The number of ether oxygens (including phenoxy) is 1. The van der Waals surface area contributed by atoms with Crippen molar-refractivity contribution in [1.29, 1.82) is 0 Å². The number of alkyl halides is 3. The Morgan fingerprint density at radius 3 is 2.39 bits per heavy atom. The van der Waals surface area contributed by atoms with Crippen molar-refractivity contribution >= 4 is 28.9 Å². The SMILES string of the molecule is C[C@@](O)(COc1ccc(Cl)cc1)C(=O)Nc1ccc([N+](=O)[O-])c(C(F)(F)F)c1. The molecule has 0 bridgehead atoms. The van der Waals surface area contributed by atoms with Crippen LogP contribution in [0.3, 0.4) is 0 Å². The Kier molecular flexibility index (Phi) is 6.15. The maximum absolute atomic E-state index is 13.0. The van der Waals surface area contributed by atoms with E-state index in [0.717, 1.165) is 13.0 Å². The molecule has 0 aromatic heterocycles. The van der Waals surface area contributed by atoms with Crippen molar-refractivity contribution in [3.63, 3.8) is 0 Å². The van der Waals surface area contributed by atoms with Crippen LogP contribution in [0.4, 0.5) is 24.5 Å². The molecule has 0 aliphatic carbocycles. The second-order valence-corrected chi connectivity index (χ2v) is 6.39. The molecular weight excluding hydrogens is 405 g/mol. The van der Waals surface area contributed by atoms with Crippen LogP contribution in [-0.2, 0) is 11.0 Å². The summed E-state index contributed by atoms with van der Waals surface area (Å²) in [6.07, 6.45) is -5.00. The molecule has 0 aliphatic rings.